The van der Waals surface area contributed by atoms with Gasteiger partial charge in [0.2, 0.25) is 5.91 Å². The first-order chi connectivity index (χ1) is 8.66. The van der Waals surface area contributed by atoms with E-state index in [1.165, 1.54) is 6.92 Å². The van der Waals surface area contributed by atoms with Crippen LogP contribution in [0.1, 0.15) is 12.5 Å². The molecule has 1 aromatic carbocycles. The Bertz CT molecular complexity index is 682. The number of carbonyl (C=O) groups is 1. The van der Waals surface area contributed by atoms with Gasteiger partial charge in [-0.1, -0.05) is 6.07 Å². The van der Waals surface area contributed by atoms with Crippen LogP contribution in [0.25, 0.3) is 10.9 Å². The summed E-state index contributed by atoms with van der Waals surface area (Å²) in [5.74, 6) is 0.520. The summed E-state index contributed by atoms with van der Waals surface area (Å²) in [6, 6.07) is 5.65. The zero-order chi connectivity index (χ0) is 12.7. The molecule has 2 heterocycles. The molecule has 1 amide bonds. The number of nitrogens with zero attached hydrogens (tertiary/aromatic N) is 1. The van der Waals surface area contributed by atoms with E-state index in [1.807, 2.05) is 12.1 Å². The molecule has 0 radical (unpaired) electrons. The number of carbonyl (C=O) groups excluding carboxylic acids is 1. The molecule has 0 spiro atoms. The molecule has 2 aromatic rings. The minimum Gasteiger partial charge on any atom is -0.326 e. The van der Waals surface area contributed by atoms with Crippen LogP contribution in [0.15, 0.2) is 29.3 Å². The van der Waals surface area contributed by atoms with Crippen molar-refractivity contribution in [3.63, 3.8) is 0 Å². The number of aromatic nitrogens is 1. The predicted octanol–water partition coefficient (Wildman–Crippen LogP) is 1.86. The fourth-order valence-corrected chi connectivity index (χ4v) is 3.83. The largest absolute Gasteiger partial charge is 0.326 e. The van der Waals surface area contributed by atoms with Crippen LogP contribution in [0.2, 0.25) is 0 Å². The van der Waals surface area contributed by atoms with E-state index in [-0.39, 0.29) is 5.91 Å². The average molecular weight is 260 g/mol. The Kier molecular flexibility index (Phi) is 2.63. The van der Waals surface area contributed by atoms with Crippen molar-refractivity contribution in [2.45, 2.75) is 18.2 Å². The summed E-state index contributed by atoms with van der Waals surface area (Å²) in [6.07, 6.45) is 2.48. The Hall–Kier alpha value is -1.75. The third-order valence-corrected chi connectivity index (χ3v) is 4.53. The zero-order valence-electron chi connectivity index (χ0n) is 9.90. The van der Waals surface area contributed by atoms with E-state index in [0.717, 1.165) is 27.8 Å². The summed E-state index contributed by atoms with van der Waals surface area (Å²) in [7, 11) is -0.989. The molecule has 1 aromatic heterocycles. The quantitative estimate of drug-likeness (QED) is 0.851. The summed E-state index contributed by atoms with van der Waals surface area (Å²) >= 11 is 0. The minimum atomic E-state index is -0.989. The molecule has 3 rings (SSSR count). The second kappa shape index (κ2) is 4.17. The number of amides is 1. The molecule has 1 atom stereocenters. The molecule has 0 saturated carbocycles. The Morgan fingerprint density at radius 3 is 3.00 bits per heavy atom. The summed E-state index contributed by atoms with van der Waals surface area (Å²) < 4.78 is 12.1. The molecule has 1 N–H and O–H groups in total. The van der Waals surface area contributed by atoms with E-state index in [1.54, 1.807) is 12.3 Å². The number of nitrogens with one attached hydrogen (secondary N) is 1. The van der Waals surface area contributed by atoms with Gasteiger partial charge in [0.15, 0.2) is 0 Å². The van der Waals surface area contributed by atoms with Crippen molar-refractivity contribution >= 4 is 33.3 Å². The monoisotopic (exact) mass is 260 g/mol. The normalized spacial score (nSPS) is 17.7. The molecule has 0 aliphatic carbocycles. The number of hydrogen-bond donors (Lipinski definition) is 1. The highest BCUT2D eigenvalue weighted by molar-refractivity contribution is 7.85. The van der Waals surface area contributed by atoms with Gasteiger partial charge in [0.1, 0.15) is 0 Å². The van der Waals surface area contributed by atoms with Gasteiger partial charge in [0.25, 0.3) is 0 Å². The number of hydrogen-bond acceptors (Lipinski definition) is 3. The molecule has 0 saturated heterocycles. The van der Waals surface area contributed by atoms with Crippen molar-refractivity contribution < 1.29 is 9.00 Å². The average Bonchev–Trinajstić information content (AvgIpc) is 2.71. The van der Waals surface area contributed by atoms with Crippen LogP contribution in [0.5, 0.6) is 0 Å². The molecular weight excluding hydrogens is 248 g/mol. The van der Waals surface area contributed by atoms with E-state index in [2.05, 4.69) is 10.3 Å². The summed E-state index contributed by atoms with van der Waals surface area (Å²) in [5, 5.41) is 3.61. The Morgan fingerprint density at radius 2 is 2.22 bits per heavy atom. The number of benzene rings is 1. The number of pyridine rings is 1. The zero-order valence-corrected chi connectivity index (χ0v) is 10.7. The lowest BCUT2D eigenvalue weighted by molar-refractivity contribution is -0.114. The van der Waals surface area contributed by atoms with Crippen LogP contribution < -0.4 is 5.32 Å². The minimum absolute atomic E-state index is 0.135. The lowest BCUT2D eigenvalue weighted by atomic mass is 10.1. The van der Waals surface area contributed by atoms with Crippen LogP contribution >= 0.6 is 0 Å². The Balaban J connectivity index is 2.34. The topological polar surface area (TPSA) is 59.1 Å². The number of aryl methyl sites for hydroxylation is 1. The molecule has 5 heteroatoms. The third kappa shape index (κ3) is 1.71. The van der Waals surface area contributed by atoms with Crippen LogP contribution in [-0.2, 0) is 22.0 Å². The molecule has 1 aliphatic heterocycles. The molecule has 1 aliphatic rings. The van der Waals surface area contributed by atoms with Gasteiger partial charge in [0, 0.05) is 24.3 Å². The van der Waals surface area contributed by atoms with Crippen molar-refractivity contribution in [2.75, 3.05) is 11.1 Å². The van der Waals surface area contributed by atoms with E-state index in [0.29, 0.717) is 11.4 Å². The van der Waals surface area contributed by atoms with Gasteiger partial charge in [-0.15, -0.1) is 0 Å². The summed E-state index contributed by atoms with van der Waals surface area (Å²) in [5.41, 5.74) is 2.57. The first-order valence-corrected chi connectivity index (χ1v) is 7.05. The molecule has 4 nitrogen and oxygen atoms in total. The van der Waals surface area contributed by atoms with Crippen LogP contribution in [0.3, 0.4) is 0 Å². The van der Waals surface area contributed by atoms with Gasteiger partial charge in [-0.25, -0.2) is 0 Å². The number of anilines is 1. The fraction of sp³-hybridized carbons (Fsp3) is 0.231. The first-order valence-electron chi connectivity index (χ1n) is 5.73. The van der Waals surface area contributed by atoms with Crippen molar-refractivity contribution in [2.24, 2.45) is 0 Å². The number of fused-ring (bicyclic) bond motifs is 3. The molecular formula is C13H12N2O2S. The lowest BCUT2D eigenvalue weighted by Gasteiger charge is -2.10. The summed E-state index contributed by atoms with van der Waals surface area (Å²) in [4.78, 5) is 16.3. The molecule has 0 bridgehead atoms. The lowest BCUT2D eigenvalue weighted by Crippen LogP contribution is -2.07. The highest BCUT2D eigenvalue weighted by Crippen LogP contribution is 2.34. The van der Waals surface area contributed by atoms with Crippen molar-refractivity contribution in [3.8, 4) is 0 Å². The van der Waals surface area contributed by atoms with Crippen LogP contribution in [-0.4, -0.2) is 20.9 Å². The van der Waals surface area contributed by atoms with Gasteiger partial charge >= 0.3 is 0 Å². The van der Waals surface area contributed by atoms with Gasteiger partial charge in [-0.3, -0.25) is 14.0 Å². The molecule has 92 valence electrons. The van der Waals surface area contributed by atoms with Crippen LogP contribution in [0, 0.1) is 0 Å². The number of rotatable bonds is 1. The van der Waals surface area contributed by atoms with Gasteiger partial charge in [-0.05, 0) is 24.1 Å². The summed E-state index contributed by atoms with van der Waals surface area (Å²) in [6.45, 7) is 1.46. The first kappa shape index (κ1) is 11.3. The molecule has 0 fully saturated rings. The van der Waals surface area contributed by atoms with E-state index in [9.17, 15) is 9.00 Å². The highest BCUT2D eigenvalue weighted by atomic mass is 32.2. The maximum atomic E-state index is 12.1. The van der Waals surface area contributed by atoms with Gasteiger partial charge in [-0.2, -0.15) is 0 Å². The van der Waals surface area contributed by atoms with E-state index >= 15 is 0 Å². The predicted molar refractivity (Wildman–Crippen MR) is 71.0 cm³/mol. The van der Waals surface area contributed by atoms with E-state index in [4.69, 9.17) is 0 Å². The fourth-order valence-electron chi connectivity index (χ4n) is 2.31. The van der Waals surface area contributed by atoms with Gasteiger partial charge < -0.3 is 5.32 Å². The maximum Gasteiger partial charge on any atom is 0.221 e. The second-order valence-electron chi connectivity index (χ2n) is 4.29. The van der Waals surface area contributed by atoms with Crippen molar-refractivity contribution in [1.82, 2.24) is 4.98 Å². The Morgan fingerprint density at radius 1 is 1.39 bits per heavy atom. The Labute approximate surface area is 107 Å². The third-order valence-electron chi connectivity index (χ3n) is 3.04. The highest BCUT2D eigenvalue weighted by Gasteiger charge is 2.23. The second-order valence-corrected chi connectivity index (χ2v) is 5.79. The molecule has 18 heavy (non-hydrogen) atoms. The SMILES string of the molecule is CC(=O)Nc1ccnc2ccc3c(c12)S(=O)CC3. The van der Waals surface area contributed by atoms with Crippen molar-refractivity contribution in [1.29, 1.82) is 0 Å². The molecule has 1 unspecified atom stereocenters. The standard InChI is InChI=1S/C13H12N2O2S/c1-8(16)15-11-4-6-14-10-3-2-9-5-7-18(17)13(9)12(10)11/h2-4,6H,5,7H2,1H3,(H,14,15,16). The van der Waals surface area contributed by atoms with Crippen molar-refractivity contribution in [3.05, 3.63) is 30.0 Å². The smallest absolute Gasteiger partial charge is 0.221 e. The van der Waals surface area contributed by atoms with E-state index < -0.39 is 10.8 Å². The van der Waals surface area contributed by atoms with Crippen LogP contribution in [0.4, 0.5) is 5.69 Å². The van der Waals surface area contributed by atoms with Gasteiger partial charge in [0.05, 0.1) is 26.9 Å². The maximum absolute atomic E-state index is 12.1.